The SMILES string of the molecule is CC(=O)N1CCC[C@@H]1c1cc2c(O[C@@H](C)[C@@H]3CCCN3C)nc3c(F)c(Cl)ncc3c2n1[C@H]1[C@@H]2C[C@H]1N(C(=O)OC(C)(C)C)C2. The molecule has 2 bridgehead atoms. The number of nitrogens with zero attached hydrogens (tertiary/aromatic N) is 6. The Morgan fingerprint density at radius 2 is 1.89 bits per heavy atom. The van der Waals surface area contributed by atoms with Gasteiger partial charge in [-0.25, -0.2) is 19.2 Å². The van der Waals surface area contributed by atoms with Crippen LogP contribution >= 0.6 is 11.6 Å². The molecule has 4 saturated heterocycles. The van der Waals surface area contributed by atoms with Gasteiger partial charge in [-0.1, -0.05) is 11.6 Å². The third kappa shape index (κ3) is 5.01. The molecule has 242 valence electrons. The van der Waals surface area contributed by atoms with Crippen molar-refractivity contribution in [2.45, 2.75) is 103 Å². The zero-order valence-corrected chi connectivity index (χ0v) is 27.6. The minimum Gasteiger partial charge on any atom is -0.472 e. The van der Waals surface area contributed by atoms with Crippen molar-refractivity contribution in [2.75, 3.05) is 26.7 Å². The van der Waals surface area contributed by atoms with Crippen molar-refractivity contribution in [3.63, 3.8) is 0 Å². The van der Waals surface area contributed by atoms with Crippen LogP contribution in [0.3, 0.4) is 0 Å². The van der Waals surface area contributed by atoms with Crippen LogP contribution in [-0.2, 0) is 9.53 Å². The molecule has 0 N–H and O–H groups in total. The number of fused-ring (bicyclic) bond motifs is 4. The molecule has 12 heteroatoms. The zero-order valence-electron chi connectivity index (χ0n) is 26.8. The van der Waals surface area contributed by atoms with Gasteiger partial charge in [0.1, 0.15) is 17.2 Å². The number of carbonyl (C=O) groups is 2. The van der Waals surface area contributed by atoms with E-state index in [4.69, 9.17) is 26.1 Å². The lowest BCUT2D eigenvalue weighted by Crippen LogP contribution is -2.45. The van der Waals surface area contributed by atoms with Gasteiger partial charge in [0, 0.05) is 49.2 Å². The first-order chi connectivity index (χ1) is 21.3. The van der Waals surface area contributed by atoms with Gasteiger partial charge in [0.15, 0.2) is 11.0 Å². The first-order valence-corrected chi connectivity index (χ1v) is 16.5. The number of carbonyl (C=O) groups excluding carboxylic acids is 2. The number of rotatable bonds is 5. The predicted molar refractivity (Wildman–Crippen MR) is 169 cm³/mol. The minimum atomic E-state index is -0.695. The Morgan fingerprint density at radius 1 is 1.13 bits per heavy atom. The van der Waals surface area contributed by atoms with Gasteiger partial charge < -0.3 is 23.8 Å². The van der Waals surface area contributed by atoms with Crippen molar-refractivity contribution >= 4 is 45.4 Å². The Kier molecular flexibility index (Phi) is 7.43. The van der Waals surface area contributed by atoms with Crippen molar-refractivity contribution in [1.29, 1.82) is 0 Å². The van der Waals surface area contributed by atoms with Crippen LogP contribution in [0.2, 0.25) is 5.15 Å². The predicted octanol–water partition coefficient (Wildman–Crippen LogP) is 6.10. The summed E-state index contributed by atoms with van der Waals surface area (Å²) in [6, 6.07) is 1.93. The van der Waals surface area contributed by atoms with Gasteiger partial charge in [0.2, 0.25) is 11.8 Å². The molecule has 10 nitrogen and oxygen atoms in total. The maximum Gasteiger partial charge on any atom is 0.410 e. The fourth-order valence-corrected chi connectivity index (χ4v) is 8.43. The number of amides is 2. The number of halogens is 2. The van der Waals surface area contributed by atoms with Gasteiger partial charge in [-0.15, -0.1) is 0 Å². The van der Waals surface area contributed by atoms with E-state index >= 15 is 4.39 Å². The van der Waals surface area contributed by atoms with Gasteiger partial charge >= 0.3 is 6.09 Å². The smallest absolute Gasteiger partial charge is 0.410 e. The van der Waals surface area contributed by atoms with Crippen molar-refractivity contribution in [3.05, 3.63) is 28.9 Å². The topological polar surface area (TPSA) is 93.0 Å². The first kappa shape index (κ1) is 30.5. The highest BCUT2D eigenvalue weighted by Gasteiger charge is 2.57. The van der Waals surface area contributed by atoms with Crippen molar-refractivity contribution in [3.8, 4) is 5.88 Å². The van der Waals surface area contributed by atoms with Crippen LogP contribution in [0.1, 0.15) is 84.5 Å². The van der Waals surface area contributed by atoms with E-state index in [-0.39, 0.29) is 58.9 Å². The summed E-state index contributed by atoms with van der Waals surface area (Å²) in [7, 11) is 2.10. The number of ether oxygens (including phenoxy) is 2. The Bertz CT molecular complexity index is 1690. The molecule has 1 aliphatic carbocycles. The van der Waals surface area contributed by atoms with Crippen LogP contribution in [0.25, 0.3) is 21.8 Å². The molecule has 0 unspecified atom stereocenters. The van der Waals surface area contributed by atoms with Crippen LogP contribution < -0.4 is 4.74 Å². The number of hydrogen-bond acceptors (Lipinski definition) is 7. The van der Waals surface area contributed by atoms with E-state index in [1.807, 2.05) is 37.5 Å². The van der Waals surface area contributed by atoms with E-state index in [0.717, 1.165) is 55.2 Å². The summed E-state index contributed by atoms with van der Waals surface area (Å²) >= 11 is 6.20. The second-order valence-corrected chi connectivity index (χ2v) is 14.7. The van der Waals surface area contributed by atoms with Gasteiger partial charge in [-0.2, -0.15) is 0 Å². The molecule has 4 aliphatic heterocycles. The van der Waals surface area contributed by atoms with Crippen LogP contribution in [0.4, 0.5) is 9.18 Å². The average Bonchev–Trinajstić information content (AvgIpc) is 3.77. The third-order valence-electron chi connectivity index (χ3n) is 10.3. The third-order valence-corrected chi connectivity index (χ3v) is 10.6. The number of hydrogen-bond donors (Lipinski definition) is 0. The van der Waals surface area contributed by atoms with Gasteiger partial charge in [0.25, 0.3) is 0 Å². The summed E-state index contributed by atoms with van der Waals surface area (Å²) < 4.78 is 30.4. The highest BCUT2D eigenvalue weighted by atomic mass is 35.5. The molecule has 7 heterocycles. The number of likely N-dealkylation sites (N-methyl/N-ethyl adjacent to an activating group) is 1. The molecule has 0 aromatic carbocycles. The summed E-state index contributed by atoms with van der Waals surface area (Å²) in [5.41, 5.74) is 1.18. The molecule has 0 spiro atoms. The van der Waals surface area contributed by atoms with Crippen LogP contribution in [-0.4, -0.2) is 91.7 Å². The number of aromatic nitrogens is 3. The molecule has 45 heavy (non-hydrogen) atoms. The minimum absolute atomic E-state index is 0.0121. The zero-order chi connectivity index (χ0) is 31.9. The van der Waals surface area contributed by atoms with E-state index in [0.29, 0.717) is 24.4 Å². The largest absolute Gasteiger partial charge is 0.472 e. The molecule has 3 aromatic heterocycles. The summed E-state index contributed by atoms with van der Waals surface area (Å²) in [6.07, 6.45) is 5.69. The summed E-state index contributed by atoms with van der Waals surface area (Å²) in [5, 5.41) is 1.03. The fraction of sp³-hybridized carbons (Fsp3) is 0.636. The van der Waals surface area contributed by atoms with Crippen LogP contribution in [0.5, 0.6) is 5.88 Å². The molecule has 2 amide bonds. The number of pyridine rings is 2. The van der Waals surface area contributed by atoms with Crippen molar-refractivity contribution < 1.29 is 23.5 Å². The second-order valence-electron chi connectivity index (χ2n) is 14.3. The fourth-order valence-electron chi connectivity index (χ4n) is 8.29. The van der Waals surface area contributed by atoms with Crippen molar-refractivity contribution in [1.82, 2.24) is 29.2 Å². The summed E-state index contributed by atoms with van der Waals surface area (Å²) in [5.74, 6) is -0.167. The Hall–Kier alpha value is -3.18. The lowest BCUT2D eigenvalue weighted by Gasteiger charge is -2.40. The van der Waals surface area contributed by atoms with Crippen LogP contribution in [0.15, 0.2) is 12.3 Å². The van der Waals surface area contributed by atoms with E-state index in [9.17, 15) is 9.59 Å². The first-order valence-electron chi connectivity index (χ1n) is 16.2. The van der Waals surface area contributed by atoms with Gasteiger partial charge in [-0.05, 0) is 79.5 Å². The molecule has 3 aromatic rings. The molecule has 5 aliphatic rings. The van der Waals surface area contributed by atoms with E-state index in [2.05, 4.69) is 27.6 Å². The number of likely N-dealkylation sites (tertiary alicyclic amines) is 2. The van der Waals surface area contributed by atoms with E-state index < -0.39 is 11.4 Å². The summed E-state index contributed by atoms with van der Waals surface area (Å²) in [4.78, 5) is 41.1. The van der Waals surface area contributed by atoms with Crippen LogP contribution in [0, 0.1) is 11.7 Å². The van der Waals surface area contributed by atoms with Gasteiger partial charge in [0.05, 0.1) is 29.0 Å². The highest BCUT2D eigenvalue weighted by molar-refractivity contribution is 6.30. The Morgan fingerprint density at radius 3 is 2.58 bits per heavy atom. The Labute approximate surface area is 267 Å². The quantitative estimate of drug-likeness (QED) is 0.311. The maximum absolute atomic E-state index is 15.7. The second kappa shape index (κ2) is 11.0. The standard InChI is InChI=1S/C33H42ClFN6O4/c1-17(22-9-7-11-38(22)6)44-31-20-14-24(23-10-8-12-39(23)18(2)42)41(29(20)21-15-36-30(34)26(35)27(21)37-31)28-19-13-25(28)40(16-19)32(43)45-33(3,4)5/h14-15,17,19,22-23,25,28H,7-13,16H2,1-6H3/t17-,19+,22-,23+,25+,28-/m0/s1. The Balaban J connectivity index is 1.43. The van der Waals surface area contributed by atoms with E-state index in [1.165, 1.54) is 0 Å². The molecule has 5 fully saturated rings. The lowest BCUT2D eigenvalue weighted by atomic mass is 9.79. The molecular formula is C33H42ClFN6O4. The van der Waals surface area contributed by atoms with Gasteiger partial charge in [-0.3, -0.25) is 9.69 Å². The molecular weight excluding hydrogens is 599 g/mol. The lowest BCUT2D eigenvalue weighted by molar-refractivity contribution is -0.129. The normalized spacial score (nSPS) is 27.4. The van der Waals surface area contributed by atoms with E-state index in [1.54, 1.807) is 13.1 Å². The van der Waals surface area contributed by atoms with Crippen molar-refractivity contribution in [2.24, 2.45) is 5.92 Å². The molecule has 1 saturated carbocycles. The molecule has 0 radical (unpaired) electrons. The maximum atomic E-state index is 15.7. The summed E-state index contributed by atoms with van der Waals surface area (Å²) in [6.45, 7) is 11.5. The highest BCUT2D eigenvalue weighted by Crippen LogP contribution is 2.54. The molecule has 8 rings (SSSR count). The average molecular weight is 641 g/mol. The molecule has 6 atom stereocenters. The monoisotopic (exact) mass is 640 g/mol.